The summed E-state index contributed by atoms with van der Waals surface area (Å²) in [6, 6.07) is 17.2. The van der Waals surface area contributed by atoms with Crippen LogP contribution in [-0.2, 0) is 10.0 Å². The Hall–Kier alpha value is -3.49. The number of rotatable bonds is 7. The number of nitrogens with zero attached hydrogens (tertiary/aromatic N) is 1. The topological polar surface area (TPSA) is 83.8 Å². The Kier molecular flexibility index (Phi) is 6.05. The highest BCUT2D eigenvalue weighted by molar-refractivity contribution is 7.90. The second-order valence-corrected chi connectivity index (χ2v) is 9.28. The zero-order valence-electron chi connectivity index (χ0n) is 18.0. The van der Waals surface area contributed by atoms with Crippen LogP contribution in [0.25, 0.3) is 10.9 Å². The summed E-state index contributed by atoms with van der Waals surface area (Å²) in [6.45, 7) is 0. The molecular formula is C24H20ClNO6S. The monoisotopic (exact) mass is 485 g/mol. The van der Waals surface area contributed by atoms with Gasteiger partial charge in [0, 0.05) is 16.0 Å². The molecule has 0 amide bonds. The first-order valence-corrected chi connectivity index (χ1v) is 11.6. The number of carbonyl (C=O) groups is 1. The maximum atomic E-state index is 13.7. The van der Waals surface area contributed by atoms with E-state index in [1.165, 1.54) is 57.7 Å². The molecule has 0 radical (unpaired) electrons. The largest absolute Gasteiger partial charge is 0.493 e. The van der Waals surface area contributed by atoms with Crippen molar-refractivity contribution in [1.82, 2.24) is 3.97 Å². The van der Waals surface area contributed by atoms with Gasteiger partial charge in [-0.05, 0) is 42.5 Å². The molecule has 3 aromatic carbocycles. The Morgan fingerprint density at radius 3 is 2.06 bits per heavy atom. The van der Waals surface area contributed by atoms with Crippen molar-refractivity contribution in [2.24, 2.45) is 0 Å². The second-order valence-electron chi connectivity index (χ2n) is 7.06. The van der Waals surface area contributed by atoms with E-state index in [2.05, 4.69) is 0 Å². The summed E-state index contributed by atoms with van der Waals surface area (Å²) >= 11 is 6.17. The summed E-state index contributed by atoms with van der Waals surface area (Å²) in [7, 11) is 0.207. The fourth-order valence-corrected chi connectivity index (χ4v) is 5.31. The van der Waals surface area contributed by atoms with Crippen molar-refractivity contribution in [2.75, 3.05) is 21.3 Å². The number of carbonyl (C=O) groups excluding carboxylic acids is 1. The van der Waals surface area contributed by atoms with E-state index in [4.69, 9.17) is 25.8 Å². The lowest BCUT2D eigenvalue weighted by molar-refractivity contribution is 0.103. The van der Waals surface area contributed by atoms with Crippen molar-refractivity contribution >= 4 is 38.3 Å². The molecule has 4 aromatic rings. The van der Waals surface area contributed by atoms with E-state index in [0.717, 1.165) is 3.97 Å². The highest BCUT2D eigenvalue weighted by atomic mass is 35.5. The third kappa shape index (κ3) is 3.92. The summed E-state index contributed by atoms with van der Waals surface area (Å²) < 4.78 is 44.3. The van der Waals surface area contributed by atoms with Crippen LogP contribution < -0.4 is 14.2 Å². The van der Waals surface area contributed by atoms with E-state index in [0.29, 0.717) is 21.7 Å². The molecule has 33 heavy (non-hydrogen) atoms. The molecule has 7 nitrogen and oxygen atoms in total. The Morgan fingerprint density at radius 1 is 0.848 bits per heavy atom. The summed E-state index contributed by atoms with van der Waals surface area (Å²) in [5, 5.41) is 0.895. The number of fused-ring (bicyclic) bond motifs is 1. The molecular weight excluding hydrogens is 466 g/mol. The molecule has 0 bridgehead atoms. The zero-order valence-corrected chi connectivity index (χ0v) is 19.6. The Bertz CT molecular complexity index is 1440. The third-order valence-electron chi connectivity index (χ3n) is 5.16. The van der Waals surface area contributed by atoms with Gasteiger partial charge in [0.05, 0.1) is 31.7 Å². The first kappa shape index (κ1) is 22.7. The molecule has 1 heterocycles. The molecule has 0 atom stereocenters. The smallest absolute Gasteiger partial charge is 0.268 e. The molecule has 0 unspecified atom stereocenters. The second kappa shape index (κ2) is 8.80. The number of hydrogen-bond donors (Lipinski definition) is 0. The lowest BCUT2D eigenvalue weighted by Gasteiger charge is -2.15. The zero-order chi connectivity index (χ0) is 23.8. The van der Waals surface area contributed by atoms with Gasteiger partial charge in [-0.25, -0.2) is 12.4 Å². The van der Waals surface area contributed by atoms with Crippen molar-refractivity contribution in [1.29, 1.82) is 0 Å². The van der Waals surface area contributed by atoms with Crippen LogP contribution in [0.2, 0.25) is 5.02 Å². The van der Waals surface area contributed by atoms with Crippen molar-refractivity contribution in [3.8, 4) is 17.2 Å². The van der Waals surface area contributed by atoms with Gasteiger partial charge in [0.1, 0.15) is 5.69 Å². The van der Waals surface area contributed by atoms with Gasteiger partial charge in [-0.2, -0.15) is 0 Å². The molecule has 4 rings (SSSR count). The number of aromatic nitrogens is 1. The Balaban J connectivity index is 2.00. The van der Waals surface area contributed by atoms with E-state index in [1.807, 2.05) is 0 Å². The number of ketones is 1. The highest BCUT2D eigenvalue weighted by Gasteiger charge is 2.28. The summed E-state index contributed by atoms with van der Waals surface area (Å²) in [6.07, 6.45) is 0. The van der Waals surface area contributed by atoms with E-state index in [9.17, 15) is 13.2 Å². The van der Waals surface area contributed by atoms with Crippen molar-refractivity contribution in [3.05, 3.63) is 83.0 Å². The number of halogens is 1. The maximum Gasteiger partial charge on any atom is 0.268 e. The predicted molar refractivity (Wildman–Crippen MR) is 126 cm³/mol. The Morgan fingerprint density at radius 2 is 1.48 bits per heavy atom. The first-order valence-electron chi connectivity index (χ1n) is 9.78. The van der Waals surface area contributed by atoms with Crippen molar-refractivity contribution < 1.29 is 27.4 Å². The van der Waals surface area contributed by atoms with Crippen LogP contribution in [0.5, 0.6) is 17.2 Å². The molecule has 0 saturated heterocycles. The molecule has 0 fully saturated rings. The van der Waals surface area contributed by atoms with Crippen molar-refractivity contribution in [2.45, 2.75) is 4.90 Å². The number of hydrogen-bond acceptors (Lipinski definition) is 6. The lowest BCUT2D eigenvalue weighted by Crippen LogP contribution is -2.19. The van der Waals surface area contributed by atoms with Gasteiger partial charge in [0.2, 0.25) is 11.5 Å². The summed E-state index contributed by atoms with van der Waals surface area (Å²) in [5.41, 5.74) is 0.412. The maximum absolute atomic E-state index is 13.7. The van der Waals surface area contributed by atoms with E-state index in [1.54, 1.807) is 30.3 Å². The van der Waals surface area contributed by atoms with Gasteiger partial charge < -0.3 is 14.2 Å². The first-order chi connectivity index (χ1) is 15.8. The predicted octanol–water partition coefficient (Wildman–Crippen LogP) is 4.79. The molecule has 0 aliphatic heterocycles. The average molecular weight is 486 g/mol. The minimum absolute atomic E-state index is 0.0430. The van der Waals surface area contributed by atoms with Gasteiger partial charge in [-0.1, -0.05) is 35.9 Å². The number of benzene rings is 3. The van der Waals surface area contributed by atoms with E-state index in [-0.39, 0.29) is 27.7 Å². The Labute approximate surface area is 196 Å². The van der Waals surface area contributed by atoms with Gasteiger partial charge in [-0.15, -0.1) is 0 Å². The lowest BCUT2D eigenvalue weighted by atomic mass is 10.1. The van der Waals surface area contributed by atoms with E-state index < -0.39 is 15.8 Å². The molecule has 0 saturated carbocycles. The molecule has 9 heteroatoms. The molecule has 0 aliphatic rings. The normalized spacial score (nSPS) is 11.4. The quantitative estimate of drug-likeness (QED) is 0.350. The molecule has 1 aromatic heterocycles. The van der Waals surface area contributed by atoms with Gasteiger partial charge in [0.15, 0.2) is 11.5 Å². The van der Waals surface area contributed by atoms with Gasteiger partial charge in [-0.3, -0.25) is 4.79 Å². The van der Waals surface area contributed by atoms with Crippen molar-refractivity contribution in [3.63, 3.8) is 0 Å². The summed E-state index contributed by atoms with van der Waals surface area (Å²) in [4.78, 5) is 13.7. The van der Waals surface area contributed by atoms with Gasteiger partial charge in [0.25, 0.3) is 10.0 Å². The minimum Gasteiger partial charge on any atom is -0.493 e. The van der Waals surface area contributed by atoms with Crippen LogP contribution in [-0.4, -0.2) is 39.5 Å². The minimum atomic E-state index is -4.12. The molecule has 0 spiro atoms. The van der Waals surface area contributed by atoms with Crippen LogP contribution in [0.4, 0.5) is 0 Å². The molecule has 0 aliphatic carbocycles. The number of methoxy groups -OCH3 is 3. The third-order valence-corrected chi connectivity index (χ3v) is 7.14. The van der Waals surface area contributed by atoms with Crippen LogP contribution in [0.15, 0.2) is 71.6 Å². The van der Waals surface area contributed by atoms with E-state index >= 15 is 0 Å². The summed E-state index contributed by atoms with van der Waals surface area (Å²) in [5.74, 6) is 0.329. The molecule has 170 valence electrons. The van der Waals surface area contributed by atoms with Crippen LogP contribution in [0.1, 0.15) is 16.1 Å². The average Bonchev–Trinajstić information content (AvgIpc) is 3.22. The SMILES string of the molecule is COc1cc(C(=O)c2cc3ccc(Cl)cc3n2S(=O)(=O)c2ccccc2)cc(OC)c1OC. The van der Waals surface area contributed by atoms with Gasteiger partial charge >= 0.3 is 0 Å². The number of ether oxygens (including phenoxy) is 3. The fourth-order valence-electron chi connectivity index (χ4n) is 3.63. The fraction of sp³-hybridized carbons (Fsp3) is 0.125. The van der Waals surface area contributed by atoms with Crippen LogP contribution in [0.3, 0.4) is 0 Å². The molecule has 0 N–H and O–H groups in total. The highest BCUT2D eigenvalue weighted by Crippen LogP contribution is 2.39. The standard InChI is InChI=1S/C24H20ClNO6S/c1-30-21-12-16(13-22(31-2)24(21)32-3)23(27)20-11-15-9-10-17(25)14-19(15)26(20)33(28,29)18-7-5-4-6-8-18/h4-14H,1-3H3. The van der Waals surface area contributed by atoms with Crippen LogP contribution >= 0.6 is 11.6 Å². The van der Waals surface area contributed by atoms with Crippen LogP contribution in [0, 0.1) is 0 Å².